The van der Waals surface area contributed by atoms with Gasteiger partial charge in [0.2, 0.25) is 0 Å². The minimum atomic E-state index is -0.258. The largest absolute Gasteiger partial charge is 0.398 e. The van der Waals surface area contributed by atoms with Crippen molar-refractivity contribution < 1.29 is 4.39 Å². The number of pyridine rings is 1. The van der Waals surface area contributed by atoms with Gasteiger partial charge in [-0.2, -0.15) is 0 Å². The number of nitrogens with zero attached hydrogens (tertiary/aromatic N) is 1. The molecule has 0 saturated carbocycles. The molecule has 1 atom stereocenters. The molecule has 0 fully saturated rings. The number of likely N-dealkylation sites (N-methyl/N-ethyl adjacent to an activating group) is 1. The number of hydrogen-bond acceptors (Lipinski definition) is 3. The van der Waals surface area contributed by atoms with E-state index in [1.54, 1.807) is 24.5 Å². The third-order valence-corrected chi connectivity index (χ3v) is 3.74. The summed E-state index contributed by atoms with van der Waals surface area (Å²) in [5.41, 5.74) is 8.60. The zero-order valence-corrected chi connectivity index (χ0v) is 12.1. The van der Waals surface area contributed by atoms with Gasteiger partial charge >= 0.3 is 0 Å². The number of nitrogens with one attached hydrogen (secondary N) is 1. The molecule has 19 heavy (non-hydrogen) atoms. The Morgan fingerprint density at radius 2 is 2.21 bits per heavy atom. The summed E-state index contributed by atoms with van der Waals surface area (Å²) in [5, 5.41) is 3.22. The zero-order chi connectivity index (χ0) is 13.8. The Labute approximate surface area is 120 Å². The fourth-order valence-electron chi connectivity index (χ4n) is 1.98. The highest BCUT2D eigenvalue weighted by molar-refractivity contribution is 9.10. The summed E-state index contributed by atoms with van der Waals surface area (Å²) < 4.78 is 13.9. The zero-order valence-electron chi connectivity index (χ0n) is 10.5. The maximum atomic E-state index is 13.1. The lowest BCUT2D eigenvalue weighted by atomic mass is 9.99. The average molecular weight is 324 g/mol. The van der Waals surface area contributed by atoms with Crippen molar-refractivity contribution in [2.75, 3.05) is 12.8 Å². The third kappa shape index (κ3) is 3.30. The molecule has 0 amide bonds. The molecule has 3 N–H and O–H groups in total. The third-order valence-electron chi connectivity index (χ3n) is 3.05. The lowest BCUT2D eigenvalue weighted by Gasteiger charge is -2.19. The van der Waals surface area contributed by atoms with Gasteiger partial charge in [-0.1, -0.05) is 22.0 Å². The minimum absolute atomic E-state index is 0.0430. The van der Waals surface area contributed by atoms with Crippen LogP contribution in [0, 0.1) is 5.82 Å². The molecule has 1 aromatic carbocycles. The number of benzene rings is 1. The lowest BCUT2D eigenvalue weighted by Crippen LogP contribution is -2.20. The minimum Gasteiger partial charge on any atom is -0.398 e. The second-order valence-electron chi connectivity index (χ2n) is 4.29. The Balaban J connectivity index is 2.28. The van der Waals surface area contributed by atoms with Gasteiger partial charge in [0.15, 0.2) is 0 Å². The highest BCUT2D eigenvalue weighted by Crippen LogP contribution is 2.27. The molecule has 0 aliphatic rings. The SMILES string of the molecule is CNC(Cc1cnccc1N)c1ccc(F)cc1Br. The highest BCUT2D eigenvalue weighted by Gasteiger charge is 2.15. The van der Waals surface area contributed by atoms with Gasteiger partial charge in [-0.15, -0.1) is 0 Å². The average Bonchev–Trinajstić information content (AvgIpc) is 2.39. The summed E-state index contributed by atoms with van der Waals surface area (Å²) in [5.74, 6) is -0.258. The van der Waals surface area contributed by atoms with Crippen LogP contribution in [0.25, 0.3) is 0 Å². The van der Waals surface area contributed by atoms with Crippen LogP contribution in [0.1, 0.15) is 17.2 Å². The second-order valence-corrected chi connectivity index (χ2v) is 5.14. The number of aromatic nitrogens is 1. The Bertz CT molecular complexity index is 574. The molecule has 1 unspecified atom stereocenters. The van der Waals surface area contributed by atoms with Crippen molar-refractivity contribution in [3.63, 3.8) is 0 Å². The summed E-state index contributed by atoms with van der Waals surface area (Å²) in [6.45, 7) is 0. The molecule has 0 radical (unpaired) electrons. The van der Waals surface area contributed by atoms with Crippen molar-refractivity contribution in [1.82, 2.24) is 10.3 Å². The standard InChI is InChI=1S/C14H15BrFN3/c1-18-14(6-9-8-19-5-4-13(9)17)11-3-2-10(16)7-12(11)15/h2-5,7-8,14,18H,6H2,1H3,(H2,17,19). The summed E-state index contributed by atoms with van der Waals surface area (Å²) in [6, 6.07) is 6.51. The van der Waals surface area contributed by atoms with Crippen LogP contribution < -0.4 is 11.1 Å². The summed E-state index contributed by atoms with van der Waals surface area (Å²) >= 11 is 3.39. The van der Waals surface area contributed by atoms with Crippen LogP contribution in [0.2, 0.25) is 0 Å². The van der Waals surface area contributed by atoms with Gasteiger partial charge in [-0.3, -0.25) is 4.98 Å². The molecule has 2 aromatic rings. The molecule has 2 rings (SSSR count). The van der Waals surface area contributed by atoms with Crippen molar-refractivity contribution >= 4 is 21.6 Å². The smallest absolute Gasteiger partial charge is 0.124 e. The first kappa shape index (κ1) is 14.0. The number of nitrogen functional groups attached to an aromatic ring is 1. The van der Waals surface area contributed by atoms with Crippen LogP contribution in [0.15, 0.2) is 41.1 Å². The number of anilines is 1. The lowest BCUT2D eigenvalue weighted by molar-refractivity contribution is 0.583. The van der Waals surface area contributed by atoms with E-state index in [1.807, 2.05) is 7.05 Å². The highest BCUT2D eigenvalue weighted by atomic mass is 79.9. The van der Waals surface area contributed by atoms with Gasteiger partial charge in [0.25, 0.3) is 0 Å². The predicted octanol–water partition coefficient (Wildman–Crippen LogP) is 3.07. The number of hydrogen-bond donors (Lipinski definition) is 2. The van der Waals surface area contributed by atoms with E-state index in [0.717, 1.165) is 15.6 Å². The molecule has 0 spiro atoms. The Morgan fingerprint density at radius 3 is 2.84 bits per heavy atom. The van der Waals surface area contributed by atoms with Crippen molar-refractivity contribution in [1.29, 1.82) is 0 Å². The van der Waals surface area contributed by atoms with E-state index >= 15 is 0 Å². The Morgan fingerprint density at radius 1 is 1.42 bits per heavy atom. The van der Waals surface area contributed by atoms with E-state index in [9.17, 15) is 4.39 Å². The summed E-state index contributed by atoms with van der Waals surface area (Å²) in [7, 11) is 1.87. The normalized spacial score (nSPS) is 12.4. The Hall–Kier alpha value is -1.46. The number of nitrogens with two attached hydrogens (primary N) is 1. The molecule has 0 bridgehead atoms. The maximum Gasteiger partial charge on any atom is 0.124 e. The molecule has 1 heterocycles. The molecule has 5 heteroatoms. The fourth-order valence-corrected chi connectivity index (χ4v) is 2.61. The molecular weight excluding hydrogens is 309 g/mol. The molecular formula is C14H15BrFN3. The quantitative estimate of drug-likeness (QED) is 0.909. The maximum absolute atomic E-state index is 13.1. The van der Waals surface area contributed by atoms with Crippen LogP contribution in [-0.4, -0.2) is 12.0 Å². The molecule has 0 saturated heterocycles. The van der Waals surface area contributed by atoms with E-state index in [-0.39, 0.29) is 11.9 Å². The van der Waals surface area contributed by atoms with Crippen LogP contribution in [0.3, 0.4) is 0 Å². The molecule has 100 valence electrons. The fraction of sp³-hybridized carbons (Fsp3) is 0.214. The number of rotatable bonds is 4. The van der Waals surface area contributed by atoms with E-state index in [4.69, 9.17) is 5.73 Å². The van der Waals surface area contributed by atoms with Crippen molar-refractivity contribution in [2.24, 2.45) is 0 Å². The van der Waals surface area contributed by atoms with Gasteiger partial charge in [-0.25, -0.2) is 4.39 Å². The van der Waals surface area contributed by atoms with Gasteiger partial charge < -0.3 is 11.1 Å². The molecule has 1 aromatic heterocycles. The molecule has 0 aliphatic heterocycles. The molecule has 0 aliphatic carbocycles. The van der Waals surface area contributed by atoms with E-state index < -0.39 is 0 Å². The Kier molecular flexibility index (Phi) is 4.50. The van der Waals surface area contributed by atoms with Gasteiger partial charge in [-0.05, 0) is 42.8 Å². The van der Waals surface area contributed by atoms with Crippen LogP contribution in [0.4, 0.5) is 10.1 Å². The second kappa shape index (κ2) is 6.12. The van der Waals surface area contributed by atoms with Gasteiger partial charge in [0.05, 0.1) is 0 Å². The predicted molar refractivity (Wildman–Crippen MR) is 78.3 cm³/mol. The van der Waals surface area contributed by atoms with Crippen molar-refractivity contribution in [2.45, 2.75) is 12.5 Å². The summed E-state index contributed by atoms with van der Waals surface area (Å²) in [4.78, 5) is 4.08. The topological polar surface area (TPSA) is 50.9 Å². The first-order valence-electron chi connectivity index (χ1n) is 5.92. The van der Waals surface area contributed by atoms with E-state index in [1.165, 1.54) is 12.1 Å². The van der Waals surface area contributed by atoms with Crippen LogP contribution in [-0.2, 0) is 6.42 Å². The monoisotopic (exact) mass is 323 g/mol. The first-order chi connectivity index (χ1) is 9.11. The molecule has 3 nitrogen and oxygen atoms in total. The van der Waals surface area contributed by atoms with Crippen molar-refractivity contribution in [3.8, 4) is 0 Å². The van der Waals surface area contributed by atoms with Gasteiger partial charge in [0.1, 0.15) is 5.82 Å². The van der Waals surface area contributed by atoms with Crippen LogP contribution >= 0.6 is 15.9 Å². The van der Waals surface area contributed by atoms with Gasteiger partial charge in [0, 0.05) is 28.6 Å². The van der Waals surface area contributed by atoms with Crippen LogP contribution in [0.5, 0.6) is 0 Å². The van der Waals surface area contributed by atoms with E-state index in [2.05, 4.69) is 26.2 Å². The van der Waals surface area contributed by atoms with E-state index in [0.29, 0.717) is 12.1 Å². The first-order valence-corrected chi connectivity index (χ1v) is 6.71. The number of halogens is 2. The summed E-state index contributed by atoms with van der Waals surface area (Å²) in [6.07, 6.45) is 4.12. The van der Waals surface area contributed by atoms with Crippen molar-refractivity contribution in [3.05, 3.63) is 58.1 Å².